The molecule has 0 radical (unpaired) electrons. The second-order valence-corrected chi connectivity index (χ2v) is 9.63. The van der Waals surface area contributed by atoms with Crippen molar-refractivity contribution in [3.63, 3.8) is 0 Å². The number of fused-ring (bicyclic) bond motifs is 1. The molecule has 2 aromatic carbocycles. The number of carbonyl (C=O) groups excluding carboxylic acids is 1. The van der Waals surface area contributed by atoms with Crippen LogP contribution in [0.4, 0.5) is 0 Å². The van der Waals surface area contributed by atoms with E-state index in [2.05, 4.69) is 60.2 Å². The number of H-pyrrole nitrogens is 1. The predicted molar refractivity (Wildman–Crippen MR) is 132 cm³/mol. The molecule has 1 aliphatic rings. The molecule has 3 heterocycles. The first-order valence-electron chi connectivity index (χ1n) is 11.4. The third-order valence-corrected chi connectivity index (χ3v) is 6.31. The number of nitrogens with zero attached hydrogens (tertiary/aromatic N) is 3. The van der Waals surface area contributed by atoms with Gasteiger partial charge in [-0.05, 0) is 28.8 Å². The van der Waals surface area contributed by atoms with E-state index in [-0.39, 0.29) is 17.4 Å². The van der Waals surface area contributed by atoms with Crippen LogP contribution in [-0.4, -0.2) is 33.1 Å². The van der Waals surface area contributed by atoms with Gasteiger partial charge < -0.3 is 9.64 Å². The van der Waals surface area contributed by atoms with Gasteiger partial charge in [0.25, 0.3) is 5.91 Å². The number of rotatable bonds is 5. The zero-order valence-electron chi connectivity index (χ0n) is 19.9. The van der Waals surface area contributed by atoms with Gasteiger partial charge in [-0.15, -0.1) is 0 Å². The van der Waals surface area contributed by atoms with Gasteiger partial charge in [0.2, 0.25) is 0 Å². The van der Waals surface area contributed by atoms with Crippen molar-refractivity contribution in [3.05, 3.63) is 101 Å². The van der Waals surface area contributed by atoms with E-state index >= 15 is 0 Å². The molecule has 0 saturated heterocycles. The molecule has 4 aromatic rings. The summed E-state index contributed by atoms with van der Waals surface area (Å²) in [4.78, 5) is 19.7. The topological polar surface area (TPSA) is 71.1 Å². The molecule has 6 heteroatoms. The molecule has 0 aliphatic carbocycles. The summed E-state index contributed by atoms with van der Waals surface area (Å²) in [5.74, 6) is 0.705. The van der Waals surface area contributed by atoms with Gasteiger partial charge in [0, 0.05) is 35.5 Å². The highest BCUT2D eigenvalue weighted by molar-refractivity contribution is 5.98. The Labute approximate surface area is 199 Å². The Morgan fingerprint density at radius 1 is 1.00 bits per heavy atom. The molecule has 172 valence electrons. The number of hydrogen-bond donors (Lipinski definition) is 1. The van der Waals surface area contributed by atoms with Crippen LogP contribution in [0.25, 0.3) is 11.1 Å². The summed E-state index contributed by atoms with van der Waals surface area (Å²) in [6.07, 6.45) is 3.62. The highest BCUT2D eigenvalue weighted by Gasteiger charge is 2.44. The average Bonchev–Trinajstić information content (AvgIpc) is 3.39. The largest absolute Gasteiger partial charge is 0.496 e. The number of benzene rings is 2. The first-order valence-corrected chi connectivity index (χ1v) is 11.4. The van der Waals surface area contributed by atoms with E-state index in [0.717, 1.165) is 39.3 Å². The molecule has 1 aliphatic heterocycles. The first kappa shape index (κ1) is 21.9. The third-order valence-electron chi connectivity index (χ3n) is 6.31. The van der Waals surface area contributed by atoms with Gasteiger partial charge in [0.15, 0.2) is 0 Å². The molecular formula is C28H28N4O2. The monoisotopic (exact) mass is 452 g/mol. The maximum atomic E-state index is 13.6. The quantitative estimate of drug-likeness (QED) is 0.433. The Morgan fingerprint density at radius 3 is 2.44 bits per heavy atom. The summed E-state index contributed by atoms with van der Waals surface area (Å²) in [6, 6.07) is 19.9. The van der Waals surface area contributed by atoms with Gasteiger partial charge in [-0.3, -0.25) is 14.9 Å². The number of aromatic amines is 1. The van der Waals surface area contributed by atoms with E-state index in [1.54, 1.807) is 13.3 Å². The van der Waals surface area contributed by atoms with Crippen LogP contribution >= 0.6 is 0 Å². The zero-order chi connectivity index (χ0) is 23.9. The van der Waals surface area contributed by atoms with E-state index in [9.17, 15) is 4.79 Å². The minimum absolute atomic E-state index is 0.0507. The third kappa shape index (κ3) is 3.75. The number of amides is 1. The van der Waals surface area contributed by atoms with Crippen LogP contribution in [0, 0.1) is 0 Å². The summed E-state index contributed by atoms with van der Waals surface area (Å²) in [5, 5.41) is 7.60. The summed E-state index contributed by atoms with van der Waals surface area (Å²) < 4.78 is 5.70. The molecule has 1 amide bonds. The van der Waals surface area contributed by atoms with Crippen LogP contribution in [0.15, 0.2) is 73.1 Å². The number of methoxy groups -OCH3 is 1. The summed E-state index contributed by atoms with van der Waals surface area (Å²) in [6.45, 7) is 6.83. The van der Waals surface area contributed by atoms with Crippen molar-refractivity contribution >= 4 is 5.91 Å². The smallest absolute Gasteiger partial charge is 0.273 e. The molecule has 1 N–H and O–H groups in total. The van der Waals surface area contributed by atoms with Crippen molar-refractivity contribution in [2.24, 2.45) is 0 Å². The molecule has 34 heavy (non-hydrogen) atoms. The Morgan fingerprint density at radius 2 is 1.76 bits per heavy atom. The Kier molecular flexibility index (Phi) is 5.44. The Balaban J connectivity index is 1.56. The summed E-state index contributed by atoms with van der Waals surface area (Å²) in [5.41, 5.74) is 6.35. The molecule has 0 bridgehead atoms. The fourth-order valence-corrected chi connectivity index (χ4v) is 4.68. The van der Waals surface area contributed by atoms with Crippen molar-refractivity contribution in [1.29, 1.82) is 0 Å². The lowest BCUT2D eigenvalue weighted by Gasteiger charge is -2.29. The van der Waals surface area contributed by atoms with Crippen molar-refractivity contribution < 1.29 is 9.53 Å². The molecule has 0 saturated carbocycles. The second-order valence-electron chi connectivity index (χ2n) is 9.63. The highest BCUT2D eigenvalue weighted by Crippen LogP contribution is 2.45. The van der Waals surface area contributed by atoms with Crippen molar-refractivity contribution in [2.45, 2.75) is 38.8 Å². The molecule has 1 unspecified atom stereocenters. The number of carbonyl (C=O) groups is 1. The summed E-state index contributed by atoms with van der Waals surface area (Å²) >= 11 is 0. The van der Waals surface area contributed by atoms with E-state index in [1.807, 2.05) is 47.5 Å². The number of nitrogens with one attached hydrogen (secondary N) is 1. The maximum Gasteiger partial charge on any atom is 0.273 e. The lowest BCUT2D eigenvalue weighted by molar-refractivity contribution is 0.0727. The molecule has 6 nitrogen and oxygen atoms in total. The van der Waals surface area contributed by atoms with Gasteiger partial charge in [-0.1, -0.05) is 69.3 Å². The van der Waals surface area contributed by atoms with Crippen LogP contribution in [0.3, 0.4) is 0 Å². The van der Waals surface area contributed by atoms with Crippen molar-refractivity contribution in [2.75, 3.05) is 7.11 Å². The normalized spacial score (nSPS) is 15.5. The number of para-hydroxylation sites is 1. The molecule has 5 rings (SSSR count). The van der Waals surface area contributed by atoms with Crippen molar-refractivity contribution in [1.82, 2.24) is 20.1 Å². The van der Waals surface area contributed by atoms with Gasteiger partial charge in [0.05, 0.1) is 18.8 Å². The molecule has 0 spiro atoms. The lowest BCUT2D eigenvalue weighted by Crippen LogP contribution is -2.30. The molecule has 2 aromatic heterocycles. The van der Waals surface area contributed by atoms with Crippen LogP contribution in [0.5, 0.6) is 5.75 Å². The number of aromatic nitrogens is 3. The second kappa shape index (κ2) is 8.45. The van der Waals surface area contributed by atoms with Crippen LogP contribution in [0.2, 0.25) is 0 Å². The first-order chi connectivity index (χ1) is 16.4. The van der Waals surface area contributed by atoms with Gasteiger partial charge in [0.1, 0.15) is 11.4 Å². The van der Waals surface area contributed by atoms with Gasteiger partial charge in [-0.2, -0.15) is 5.10 Å². The Hall–Kier alpha value is -3.93. The van der Waals surface area contributed by atoms with Crippen LogP contribution in [0.1, 0.15) is 59.7 Å². The van der Waals surface area contributed by atoms with Gasteiger partial charge >= 0.3 is 0 Å². The molecular weight excluding hydrogens is 424 g/mol. The highest BCUT2D eigenvalue weighted by atomic mass is 16.5. The predicted octanol–water partition coefficient (Wildman–Crippen LogP) is 5.52. The van der Waals surface area contributed by atoms with Crippen LogP contribution < -0.4 is 4.74 Å². The standard InChI is InChI=1S/C28H28N4O2/c1-28(2,3)26-23-24(30-31-26)27(33)32(25(23)21-9-5-6-10-22(21)34-4)17-18-11-13-19(14-12-18)20-8-7-15-29-16-20/h5-16,25H,17H2,1-4H3,(H,30,31). The van der Waals surface area contributed by atoms with Gasteiger partial charge in [-0.25, -0.2) is 0 Å². The average molecular weight is 453 g/mol. The van der Waals surface area contributed by atoms with E-state index < -0.39 is 0 Å². The Bertz CT molecular complexity index is 1320. The van der Waals surface area contributed by atoms with Crippen LogP contribution in [-0.2, 0) is 12.0 Å². The minimum atomic E-state index is -0.287. The fourth-order valence-electron chi connectivity index (χ4n) is 4.68. The van der Waals surface area contributed by atoms with E-state index in [1.165, 1.54) is 0 Å². The SMILES string of the molecule is COc1ccccc1C1c2c(C(C)(C)C)n[nH]c2C(=O)N1Cc1ccc(-c2cccnc2)cc1. The summed E-state index contributed by atoms with van der Waals surface area (Å²) in [7, 11) is 1.66. The zero-order valence-corrected chi connectivity index (χ0v) is 19.9. The van der Waals surface area contributed by atoms with E-state index in [4.69, 9.17) is 4.74 Å². The maximum absolute atomic E-state index is 13.6. The number of ether oxygens (including phenoxy) is 1. The van der Waals surface area contributed by atoms with Crippen molar-refractivity contribution in [3.8, 4) is 16.9 Å². The molecule has 0 fully saturated rings. The number of hydrogen-bond acceptors (Lipinski definition) is 4. The van der Waals surface area contributed by atoms with E-state index in [0.29, 0.717) is 12.2 Å². The fraction of sp³-hybridized carbons (Fsp3) is 0.250. The lowest BCUT2D eigenvalue weighted by atomic mass is 9.85. The molecule has 1 atom stereocenters. The minimum Gasteiger partial charge on any atom is -0.496 e. The number of pyridine rings is 1.